The third kappa shape index (κ3) is 5.44. The van der Waals surface area contributed by atoms with E-state index in [1.54, 1.807) is 43.3 Å². The Bertz CT molecular complexity index is 1120. The number of para-hydroxylation sites is 1. The number of hydrogen-bond acceptors (Lipinski definition) is 4. The van der Waals surface area contributed by atoms with Crippen molar-refractivity contribution in [3.63, 3.8) is 0 Å². The molecular formula is C20H18ClF2N3O2S. The molecule has 0 saturated heterocycles. The second-order valence-corrected chi connectivity index (χ2v) is 8.40. The van der Waals surface area contributed by atoms with Gasteiger partial charge < -0.3 is 5.43 Å². The molecule has 0 bridgehead atoms. The Morgan fingerprint density at radius 3 is 2.31 bits per heavy atom. The van der Waals surface area contributed by atoms with Crippen molar-refractivity contribution < 1.29 is 17.2 Å². The fourth-order valence-electron chi connectivity index (χ4n) is 2.65. The number of rotatable bonds is 7. The Morgan fingerprint density at radius 1 is 0.931 bits per heavy atom. The average molecular weight is 438 g/mol. The van der Waals surface area contributed by atoms with E-state index in [1.165, 1.54) is 18.2 Å². The SMILES string of the molecule is Cc1ccc(NNCc2cc(F)cc(F)c2)c(S(=O)(=O)Nc2ccccc2Cl)c1. The van der Waals surface area contributed by atoms with Crippen LogP contribution >= 0.6 is 11.6 Å². The summed E-state index contributed by atoms with van der Waals surface area (Å²) >= 11 is 6.05. The van der Waals surface area contributed by atoms with Crippen LogP contribution in [-0.2, 0) is 16.6 Å². The van der Waals surface area contributed by atoms with Crippen LogP contribution in [0.3, 0.4) is 0 Å². The minimum Gasteiger partial charge on any atom is -0.320 e. The number of halogens is 3. The van der Waals surface area contributed by atoms with Crippen LogP contribution in [0.2, 0.25) is 5.02 Å². The fourth-order valence-corrected chi connectivity index (χ4v) is 4.22. The average Bonchev–Trinajstić information content (AvgIpc) is 2.64. The lowest BCUT2D eigenvalue weighted by molar-refractivity contribution is 0.577. The Labute approximate surface area is 172 Å². The molecule has 29 heavy (non-hydrogen) atoms. The van der Waals surface area contributed by atoms with E-state index in [1.807, 2.05) is 0 Å². The topological polar surface area (TPSA) is 70.2 Å². The highest BCUT2D eigenvalue weighted by molar-refractivity contribution is 7.93. The second kappa shape index (κ2) is 8.77. The van der Waals surface area contributed by atoms with Crippen LogP contribution in [0.25, 0.3) is 0 Å². The van der Waals surface area contributed by atoms with Gasteiger partial charge in [0.15, 0.2) is 0 Å². The van der Waals surface area contributed by atoms with Gasteiger partial charge in [0.2, 0.25) is 0 Å². The van der Waals surface area contributed by atoms with Crippen molar-refractivity contribution in [1.82, 2.24) is 5.43 Å². The number of sulfonamides is 1. The Morgan fingerprint density at radius 2 is 1.62 bits per heavy atom. The summed E-state index contributed by atoms with van der Waals surface area (Å²) in [6, 6.07) is 14.5. The Hall–Kier alpha value is -2.68. The van der Waals surface area contributed by atoms with Crippen molar-refractivity contribution >= 4 is 33.0 Å². The number of aryl methyl sites for hydroxylation is 1. The molecule has 0 radical (unpaired) electrons. The lowest BCUT2D eigenvalue weighted by Gasteiger charge is -2.16. The zero-order valence-electron chi connectivity index (χ0n) is 15.3. The molecule has 0 spiro atoms. The van der Waals surface area contributed by atoms with E-state index in [0.717, 1.165) is 11.6 Å². The van der Waals surface area contributed by atoms with Gasteiger partial charge >= 0.3 is 0 Å². The summed E-state index contributed by atoms with van der Waals surface area (Å²) in [6.07, 6.45) is 0. The highest BCUT2D eigenvalue weighted by Crippen LogP contribution is 2.28. The molecule has 0 fully saturated rings. The van der Waals surface area contributed by atoms with Gasteiger partial charge in [-0.2, -0.15) is 0 Å². The van der Waals surface area contributed by atoms with Crippen LogP contribution in [-0.4, -0.2) is 8.42 Å². The third-order valence-corrected chi connectivity index (χ3v) is 5.72. The molecule has 0 heterocycles. The van der Waals surface area contributed by atoms with Crippen molar-refractivity contribution in [2.75, 3.05) is 10.1 Å². The first-order valence-corrected chi connectivity index (χ1v) is 10.4. The van der Waals surface area contributed by atoms with E-state index in [2.05, 4.69) is 15.6 Å². The van der Waals surface area contributed by atoms with Crippen LogP contribution in [0.4, 0.5) is 20.2 Å². The minimum absolute atomic E-state index is 0.00431. The molecule has 0 aromatic heterocycles. The van der Waals surface area contributed by atoms with Gasteiger partial charge in [-0.25, -0.2) is 22.6 Å². The zero-order chi connectivity index (χ0) is 21.0. The molecule has 9 heteroatoms. The molecule has 0 aliphatic heterocycles. The lowest BCUT2D eigenvalue weighted by Crippen LogP contribution is -2.24. The van der Waals surface area contributed by atoms with Gasteiger partial charge in [-0.15, -0.1) is 0 Å². The first-order chi connectivity index (χ1) is 13.7. The van der Waals surface area contributed by atoms with Crippen molar-refractivity contribution in [1.29, 1.82) is 0 Å². The van der Waals surface area contributed by atoms with Gasteiger partial charge in [-0.05, 0) is 54.4 Å². The number of anilines is 2. The summed E-state index contributed by atoms with van der Waals surface area (Å²) in [5.41, 5.74) is 7.19. The van der Waals surface area contributed by atoms with Gasteiger partial charge in [-0.3, -0.25) is 4.72 Å². The van der Waals surface area contributed by atoms with Crippen LogP contribution in [0.1, 0.15) is 11.1 Å². The summed E-state index contributed by atoms with van der Waals surface area (Å²) in [5, 5.41) is 0.268. The van der Waals surface area contributed by atoms with Crippen LogP contribution < -0.4 is 15.6 Å². The molecule has 5 nitrogen and oxygen atoms in total. The largest absolute Gasteiger partial charge is 0.320 e. The maximum absolute atomic E-state index is 13.3. The van der Waals surface area contributed by atoms with E-state index in [0.29, 0.717) is 5.56 Å². The van der Waals surface area contributed by atoms with Crippen molar-refractivity contribution in [3.8, 4) is 0 Å². The predicted molar refractivity (Wildman–Crippen MR) is 110 cm³/mol. The van der Waals surface area contributed by atoms with Gasteiger partial charge in [0.25, 0.3) is 10.0 Å². The lowest BCUT2D eigenvalue weighted by atomic mass is 10.2. The predicted octanol–water partition coefficient (Wildman–Crippen LogP) is 4.84. The van der Waals surface area contributed by atoms with E-state index in [9.17, 15) is 17.2 Å². The van der Waals surface area contributed by atoms with E-state index in [4.69, 9.17) is 11.6 Å². The first-order valence-electron chi connectivity index (χ1n) is 8.56. The maximum Gasteiger partial charge on any atom is 0.264 e. The standard InChI is InChI=1S/C20H18ClF2N3O2S/c1-13-6-7-19(25-24-12-14-9-15(22)11-16(23)10-14)20(8-13)29(27,28)26-18-5-3-2-4-17(18)21/h2-11,24-26H,12H2,1H3. The molecule has 3 rings (SSSR count). The van der Waals surface area contributed by atoms with Crippen molar-refractivity contribution in [2.45, 2.75) is 18.4 Å². The van der Waals surface area contributed by atoms with Crippen molar-refractivity contribution in [3.05, 3.63) is 88.4 Å². The van der Waals surface area contributed by atoms with Gasteiger partial charge in [-0.1, -0.05) is 29.8 Å². The molecular weight excluding hydrogens is 420 g/mol. The molecule has 3 N–H and O–H groups in total. The normalized spacial score (nSPS) is 11.3. The summed E-state index contributed by atoms with van der Waals surface area (Å²) < 4.78 is 54.9. The number of nitrogens with one attached hydrogen (secondary N) is 3. The highest BCUT2D eigenvalue weighted by Gasteiger charge is 2.20. The molecule has 0 atom stereocenters. The van der Waals surface area contributed by atoms with E-state index < -0.39 is 21.7 Å². The number of hydrogen-bond donors (Lipinski definition) is 3. The minimum atomic E-state index is -3.95. The monoisotopic (exact) mass is 437 g/mol. The van der Waals surface area contributed by atoms with Gasteiger partial charge in [0, 0.05) is 12.6 Å². The van der Waals surface area contributed by atoms with Crippen LogP contribution in [0, 0.1) is 18.6 Å². The summed E-state index contributed by atoms with van der Waals surface area (Å²) in [5.74, 6) is -1.38. The molecule has 3 aromatic carbocycles. The Balaban J connectivity index is 1.81. The van der Waals surface area contributed by atoms with Crippen molar-refractivity contribution in [2.24, 2.45) is 0 Å². The van der Waals surface area contributed by atoms with E-state index in [-0.39, 0.29) is 27.8 Å². The third-order valence-electron chi connectivity index (χ3n) is 3.98. The second-order valence-electron chi connectivity index (χ2n) is 6.34. The quantitative estimate of drug-likeness (QED) is 0.462. The van der Waals surface area contributed by atoms with Gasteiger partial charge in [0.05, 0.1) is 16.4 Å². The highest BCUT2D eigenvalue weighted by atomic mass is 35.5. The molecule has 3 aromatic rings. The molecule has 0 aliphatic carbocycles. The summed E-state index contributed by atoms with van der Waals surface area (Å²) in [6.45, 7) is 1.83. The molecule has 0 amide bonds. The fraction of sp³-hybridized carbons (Fsp3) is 0.100. The smallest absolute Gasteiger partial charge is 0.264 e. The first kappa shape index (κ1) is 21.0. The molecule has 0 aliphatic rings. The molecule has 0 saturated carbocycles. The Kier molecular flexibility index (Phi) is 6.36. The van der Waals surface area contributed by atoms with Gasteiger partial charge in [0.1, 0.15) is 16.5 Å². The van der Waals surface area contributed by atoms with E-state index >= 15 is 0 Å². The number of hydrazine groups is 1. The van der Waals surface area contributed by atoms with Crippen LogP contribution in [0.15, 0.2) is 65.6 Å². The number of benzene rings is 3. The molecule has 0 unspecified atom stereocenters. The van der Waals surface area contributed by atoms with Crippen LogP contribution in [0.5, 0.6) is 0 Å². The zero-order valence-corrected chi connectivity index (χ0v) is 16.9. The maximum atomic E-state index is 13.3. The molecule has 152 valence electrons. The summed E-state index contributed by atoms with van der Waals surface area (Å²) in [7, 11) is -3.95. The summed E-state index contributed by atoms with van der Waals surface area (Å²) in [4.78, 5) is -0.00431.